The summed E-state index contributed by atoms with van der Waals surface area (Å²) in [5, 5.41) is 1.64. The second-order valence-corrected chi connectivity index (χ2v) is 5.47. The van der Waals surface area contributed by atoms with Crippen LogP contribution in [0.1, 0.15) is 22.7 Å². The Hall–Kier alpha value is -0.770. The molecule has 0 radical (unpaired) electrons. The average molecular weight is 316 g/mol. The SMILES string of the molecule is Cc1ccc(Cl)cc1C(NN)c1cccc(Cl)c1Cl. The molecule has 2 nitrogen and oxygen atoms in total. The number of hydrogen-bond donors (Lipinski definition) is 2. The van der Waals surface area contributed by atoms with Crippen molar-refractivity contribution in [2.45, 2.75) is 13.0 Å². The molecular formula is C14H13Cl3N2. The van der Waals surface area contributed by atoms with Gasteiger partial charge in [-0.15, -0.1) is 0 Å². The van der Waals surface area contributed by atoms with Crippen molar-refractivity contribution in [3.63, 3.8) is 0 Å². The minimum atomic E-state index is -0.259. The van der Waals surface area contributed by atoms with E-state index in [2.05, 4.69) is 5.43 Å². The van der Waals surface area contributed by atoms with Crippen molar-refractivity contribution >= 4 is 34.8 Å². The zero-order valence-corrected chi connectivity index (χ0v) is 12.5. The summed E-state index contributed by atoms with van der Waals surface area (Å²) in [6, 6.07) is 10.9. The average Bonchev–Trinajstić information content (AvgIpc) is 2.39. The maximum absolute atomic E-state index is 6.25. The van der Waals surface area contributed by atoms with Gasteiger partial charge in [-0.1, -0.05) is 53.0 Å². The molecule has 3 N–H and O–H groups in total. The lowest BCUT2D eigenvalue weighted by molar-refractivity contribution is 0.634. The lowest BCUT2D eigenvalue weighted by Crippen LogP contribution is -2.29. The van der Waals surface area contributed by atoms with Crippen LogP contribution in [0, 0.1) is 6.92 Å². The fourth-order valence-corrected chi connectivity index (χ4v) is 2.61. The maximum Gasteiger partial charge on any atom is 0.0728 e. The van der Waals surface area contributed by atoms with Gasteiger partial charge in [0.05, 0.1) is 16.1 Å². The molecule has 0 amide bonds. The van der Waals surface area contributed by atoms with Crippen molar-refractivity contribution in [2.75, 3.05) is 0 Å². The van der Waals surface area contributed by atoms with Gasteiger partial charge in [0, 0.05) is 5.02 Å². The highest BCUT2D eigenvalue weighted by Gasteiger charge is 2.19. The third kappa shape index (κ3) is 3.04. The molecule has 5 heteroatoms. The van der Waals surface area contributed by atoms with Crippen LogP contribution >= 0.6 is 34.8 Å². The van der Waals surface area contributed by atoms with E-state index in [1.807, 2.05) is 37.3 Å². The van der Waals surface area contributed by atoms with Crippen molar-refractivity contribution in [2.24, 2.45) is 5.84 Å². The Labute approximate surface area is 127 Å². The second-order valence-electron chi connectivity index (χ2n) is 4.24. The summed E-state index contributed by atoms with van der Waals surface area (Å²) in [6.07, 6.45) is 0. The van der Waals surface area contributed by atoms with Gasteiger partial charge >= 0.3 is 0 Å². The molecule has 2 aromatic rings. The Morgan fingerprint density at radius 2 is 1.79 bits per heavy atom. The number of hydrazine groups is 1. The van der Waals surface area contributed by atoms with E-state index >= 15 is 0 Å². The molecule has 1 atom stereocenters. The molecule has 0 fully saturated rings. The second kappa shape index (κ2) is 6.12. The van der Waals surface area contributed by atoms with Crippen LogP contribution in [-0.2, 0) is 0 Å². The first-order valence-corrected chi connectivity index (χ1v) is 6.84. The Morgan fingerprint density at radius 1 is 1.05 bits per heavy atom. The van der Waals surface area contributed by atoms with Crippen molar-refractivity contribution in [3.05, 3.63) is 68.2 Å². The van der Waals surface area contributed by atoms with Crippen LogP contribution in [0.25, 0.3) is 0 Å². The van der Waals surface area contributed by atoms with E-state index in [1.165, 1.54) is 0 Å². The number of halogens is 3. The Balaban J connectivity index is 2.56. The summed E-state index contributed by atoms with van der Waals surface area (Å²) >= 11 is 18.3. The Bertz CT molecular complexity index is 597. The third-order valence-corrected chi connectivity index (χ3v) is 4.08. The molecule has 0 bridgehead atoms. The summed E-state index contributed by atoms with van der Waals surface area (Å²) in [5.74, 6) is 5.68. The third-order valence-electron chi connectivity index (χ3n) is 3.01. The number of hydrogen-bond acceptors (Lipinski definition) is 2. The van der Waals surface area contributed by atoms with E-state index in [1.54, 1.807) is 6.07 Å². The van der Waals surface area contributed by atoms with E-state index in [0.717, 1.165) is 16.7 Å². The highest BCUT2D eigenvalue weighted by molar-refractivity contribution is 6.42. The van der Waals surface area contributed by atoms with Gasteiger partial charge < -0.3 is 0 Å². The first-order chi connectivity index (χ1) is 9.04. The molecule has 19 heavy (non-hydrogen) atoms. The molecule has 2 rings (SSSR count). The van der Waals surface area contributed by atoms with Gasteiger partial charge in [-0.2, -0.15) is 0 Å². The first-order valence-electron chi connectivity index (χ1n) is 5.70. The standard InChI is InChI=1S/C14H13Cl3N2/c1-8-5-6-9(15)7-11(8)14(19-18)10-3-2-4-12(16)13(10)17/h2-7,14,19H,18H2,1H3. The lowest BCUT2D eigenvalue weighted by Gasteiger charge is -2.21. The molecule has 0 aliphatic carbocycles. The molecule has 2 aromatic carbocycles. The largest absolute Gasteiger partial charge is 0.271 e. The molecule has 100 valence electrons. The smallest absolute Gasteiger partial charge is 0.0728 e. The molecular weight excluding hydrogens is 303 g/mol. The maximum atomic E-state index is 6.25. The number of nitrogens with one attached hydrogen (secondary N) is 1. The zero-order chi connectivity index (χ0) is 14.0. The molecule has 0 heterocycles. The van der Waals surface area contributed by atoms with E-state index < -0.39 is 0 Å². The van der Waals surface area contributed by atoms with E-state index in [-0.39, 0.29) is 6.04 Å². The lowest BCUT2D eigenvalue weighted by atomic mass is 9.95. The quantitative estimate of drug-likeness (QED) is 0.646. The Kier molecular flexibility index (Phi) is 4.71. The number of aryl methyl sites for hydroxylation is 1. The van der Waals surface area contributed by atoms with Gasteiger partial charge in [-0.05, 0) is 41.8 Å². The Morgan fingerprint density at radius 3 is 2.47 bits per heavy atom. The highest BCUT2D eigenvalue weighted by Crippen LogP contribution is 2.34. The van der Waals surface area contributed by atoms with Gasteiger partial charge in [-0.3, -0.25) is 5.84 Å². The van der Waals surface area contributed by atoms with Crippen molar-refractivity contribution < 1.29 is 0 Å². The van der Waals surface area contributed by atoms with Crippen LogP contribution in [0.4, 0.5) is 0 Å². The number of nitrogens with two attached hydrogens (primary N) is 1. The number of rotatable bonds is 3. The minimum absolute atomic E-state index is 0.259. The summed E-state index contributed by atoms with van der Waals surface area (Å²) in [6.45, 7) is 1.99. The van der Waals surface area contributed by atoms with Gasteiger partial charge in [0.15, 0.2) is 0 Å². The van der Waals surface area contributed by atoms with Crippen LogP contribution in [0.2, 0.25) is 15.1 Å². The van der Waals surface area contributed by atoms with Crippen LogP contribution in [0.3, 0.4) is 0 Å². The van der Waals surface area contributed by atoms with Gasteiger partial charge in [0.25, 0.3) is 0 Å². The van der Waals surface area contributed by atoms with Crippen molar-refractivity contribution in [1.82, 2.24) is 5.43 Å². The fraction of sp³-hybridized carbons (Fsp3) is 0.143. The van der Waals surface area contributed by atoms with Gasteiger partial charge in [0.1, 0.15) is 0 Å². The van der Waals surface area contributed by atoms with E-state index in [9.17, 15) is 0 Å². The summed E-state index contributed by atoms with van der Waals surface area (Å²) in [4.78, 5) is 0. The minimum Gasteiger partial charge on any atom is -0.271 e. The fourth-order valence-electron chi connectivity index (χ4n) is 2.01. The molecule has 0 aliphatic rings. The summed E-state index contributed by atoms with van der Waals surface area (Å²) in [7, 11) is 0. The van der Waals surface area contributed by atoms with Crippen LogP contribution < -0.4 is 11.3 Å². The van der Waals surface area contributed by atoms with Crippen LogP contribution in [-0.4, -0.2) is 0 Å². The van der Waals surface area contributed by atoms with Crippen LogP contribution in [0.15, 0.2) is 36.4 Å². The number of benzene rings is 2. The molecule has 0 saturated carbocycles. The molecule has 1 unspecified atom stereocenters. The monoisotopic (exact) mass is 314 g/mol. The zero-order valence-electron chi connectivity index (χ0n) is 10.3. The molecule has 0 aliphatic heterocycles. The summed E-state index contributed by atoms with van der Waals surface area (Å²) < 4.78 is 0. The summed E-state index contributed by atoms with van der Waals surface area (Å²) in [5.41, 5.74) is 5.63. The topological polar surface area (TPSA) is 38.0 Å². The van der Waals surface area contributed by atoms with Crippen LogP contribution in [0.5, 0.6) is 0 Å². The van der Waals surface area contributed by atoms with E-state index in [4.69, 9.17) is 40.6 Å². The first kappa shape index (κ1) is 14.6. The highest BCUT2D eigenvalue weighted by atomic mass is 35.5. The molecule has 0 aromatic heterocycles. The predicted octanol–water partition coefficient (Wildman–Crippen LogP) is 4.51. The van der Waals surface area contributed by atoms with Gasteiger partial charge in [0.2, 0.25) is 0 Å². The van der Waals surface area contributed by atoms with Crippen molar-refractivity contribution in [3.8, 4) is 0 Å². The predicted molar refractivity (Wildman–Crippen MR) is 81.8 cm³/mol. The van der Waals surface area contributed by atoms with Crippen molar-refractivity contribution in [1.29, 1.82) is 0 Å². The molecule has 0 saturated heterocycles. The normalized spacial score (nSPS) is 12.5. The van der Waals surface area contributed by atoms with E-state index in [0.29, 0.717) is 15.1 Å². The molecule has 0 spiro atoms. The van der Waals surface area contributed by atoms with Gasteiger partial charge in [-0.25, -0.2) is 5.43 Å².